The topological polar surface area (TPSA) is 95.5 Å². The van der Waals surface area contributed by atoms with Gasteiger partial charge in [-0.2, -0.15) is 0 Å². The molecule has 1 heterocycles. The molecule has 13 heavy (non-hydrogen) atoms. The van der Waals surface area contributed by atoms with Crippen molar-refractivity contribution in [2.24, 2.45) is 0 Å². The summed E-state index contributed by atoms with van der Waals surface area (Å²) in [6.07, 6.45) is 0.222. The van der Waals surface area contributed by atoms with Crippen molar-refractivity contribution in [1.29, 1.82) is 0 Å². The van der Waals surface area contributed by atoms with Crippen LogP contribution in [0.4, 0.5) is 0 Å². The Morgan fingerprint density at radius 2 is 1.62 bits per heavy atom. The monoisotopic (exact) mass is 188 g/mol. The number of nitrogens with one attached hydrogen (secondary N) is 2. The fourth-order valence-corrected chi connectivity index (χ4v) is 0.513. The third-order valence-corrected chi connectivity index (χ3v) is 1.20. The first-order valence-corrected chi connectivity index (χ1v) is 3.85. The average Bonchev–Trinajstić information content (AvgIpc) is 2.11. The van der Waals surface area contributed by atoms with Crippen molar-refractivity contribution in [3.05, 3.63) is 0 Å². The summed E-state index contributed by atoms with van der Waals surface area (Å²) in [5, 5.41) is 12.5. The Kier molecular flexibility index (Phi) is 5.25. The quantitative estimate of drug-likeness (QED) is 0.446. The third kappa shape index (κ3) is 5.66. The molecule has 0 spiro atoms. The fraction of sp³-hybridized carbons (Fsp3) is 0.571. The number of aliphatic carboxylic acids is 1. The first-order chi connectivity index (χ1) is 6.07. The third-order valence-electron chi connectivity index (χ3n) is 1.20. The molecule has 1 aliphatic rings. The van der Waals surface area contributed by atoms with Crippen LogP contribution in [-0.4, -0.2) is 36.0 Å². The minimum atomic E-state index is -0.745. The molecular weight excluding hydrogens is 176 g/mol. The number of amides is 2. The minimum absolute atomic E-state index is 0.222. The van der Waals surface area contributed by atoms with E-state index in [1.807, 2.05) is 0 Å². The normalized spacial score (nSPS) is 14.8. The highest BCUT2D eigenvalue weighted by molar-refractivity contribution is 6.35. The molecule has 1 aliphatic heterocycles. The molecular formula is C7H12N2O4. The van der Waals surface area contributed by atoms with Crippen LogP contribution in [0.2, 0.25) is 0 Å². The molecule has 1 fully saturated rings. The zero-order valence-corrected chi connectivity index (χ0v) is 7.29. The maximum atomic E-state index is 10.3. The molecule has 0 radical (unpaired) electrons. The van der Waals surface area contributed by atoms with Gasteiger partial charge in [-0.3, -0.25) is 14.4 Å². The van der Waals surface area contributed by atoms with E-state index in [2.05, 4.69) is 10.6 Å². The molecule has 0 aliphatic carbocycles. The molecule has 1 rings (SSSR count). The van der Waals surface area contributed by atoms with Gasteiger partial charge in [0.2, 0.25) is 0 Å². The van der Waals surface area contributed by atoms with Gasteiger partial charge in [-0.15, -0.1) is 0 Å². The molecule has 0 aromatic heterocycles. The molecule has 3 N–H and O–H groups in total. The number of carbonyl (C=O) groups excluding carboxylic acids is 2. The van der Waals surface area contributed by atoms with Gasteiger partial charge in [0.15, 0.2) is 0 Å². The van der Waals surface area contributed by atoms with E-state index in [0.29, 0.717) is 13.1 Å². The predicted molar refractivity (Wildman–Crippen MR) is 43.9 cm³/mol. The molecule has 0 atom stereocenters. The van der Waals surface area contributed by atoms with Crippen molar-refractivity contribution in [3.8, 4) is 0 Å². The molecule has 6 nitrogen and oxygen atoms in total. The lowest BCUT2D eigenvalue weighted by Crippen LogP contribution is -2.49. The molecule has 0 bridgehead atoms. The summed E-state index contributed by atoms with van der Waals surface area (Å²) in [6.45, 7) is 2.69. The van der Waals surface area contributed by atoms with Crippen LogP contribution in [0.15, 0.2) is 0 Å². The van der Waals surface area contributed by atoms with Crippen molar-refractivity contribution in [2.45, 2.75) is 13.3 Å². The van der Waals surface area contributed by atoms with Crippen LogP contribution in [0.3, 0.4) is 0 Å². The van der Waals surface area contributed by atoms with E-state index in [1.165, 1.54) is 0 Å². The second-order valence-electron chi connectivity index (χ2n) is 2.26. The maximum absolute atomic E-state index is 10.3. The second kappa shape index (κ2) is 5.99. The summed E-state index contributed by atoms with van der Waals surface area (Å²) in [6, 6.07) is 0. The summed E-state index contributed by atoms with van der Waals surface area (Å²) in [5.74, 6) is -1.81. The van der Waals surface area contributed by atoms with Crippen molar-refractivity contribution in [1.82, 2.24) is 10.6 Å². The average molecular weight is 188 g/mol. The summed E-state index contributed by atoms with van der Waals surface area (Å²) in [7, 11) is 0. The number of rotatable bonds is 1. The van der Waals surface area contributed by atoms with E-state index in [9.17, 15) is 14.4 Å². The first-order valence-electron chi connectivity index (χ1n) is 3.85. The van der Waals surface area contributed by atoms with Crippen molar-refractivity contribution in [3.63, 3.8) is 0 Å². The molecule has 0 aromatic rings. The van der Waals surface area contributed by atoms with Gasteiger partial charge in [0, 0.05) is 19.5 Å². The van der Waals surface area contributed by atoms with Gasteiger partial charge in [-0.25, -0.2) is 0 Å². The highest BCUT2D eigenvalue weighted by Crippen LogP contribution is 1.73. The van der Waals surface area contributed by atoms with E-state index < -0.39 is 17.8 Å². The molecule has 0 unspecified atom stereocenters. The van der Waals surface area contributed by atoms with Gasteiger partial charge >= 0.3 is 17.8 Å². The number of hydrogen-bond donors (Lipinski definition) is 3. The Morgan fingerprint density at radius 3 is 1.77 bits per heavy atom. The van der Waals surface area contributed by atoms with Gasteiger partial charge in [-0.05, 0) is 0 Å². The van der Waals surface area contributed by atoms with Crippen molar-refractivity contribution in [2.75, 3.05) is 13.1 Å². The number of piperazine rings is 1. The van der Waals surface area contributed by atoms with Crippen LogP contribution in [0.1, 0.15) is 13.3 Å². The predicted octanol–water partition coefficient (Wildman–Crippen LogP) is -1.29. The minimum Gasteiger partial charge on any atom is -0.481 e. The van der Waals surface area contributed by atoms with Crippen LogP contribution < -0.4 is 10.6 Å². The lowest BCUT2D eigenvalue weighted by molar-refractivity contribution is -0.140. The van der Waals surface area contributed by atoms with Gasteiger partial charge in [-0.1, -0.05) is 6.92 Å². The van der Waals surface area contributed by atoms with E-state index in [1.54, 1.807) is 6.92 Å². The van der Waals surface area contributed by atoms with Crippen LogP contribution in [0, 0.1) is 0 Å². The second-order valence-corrected chi connectivity index (χ2v) is 2.26. The summed E-state index contributed by atoms with van der Waals surface area (Å²) >= 11 is 0. The van der Waals surface area contributed by atoms with Gasteiger partial charge in [0.25, 0.3) is 0 Å². The number of carbonyl (C=O) groups is 3. The molecule has 6 heteroatoms. The Balaban J connectivity index is 0.000000252. The number of carboxylic acids is 1. The van der Waals surface area contributed by atoms with E-state index in [4.69, 9.17) is 5.11 Å². The Labute approximate surface area is 75.3 Å². The molecule has 1 saturated heterocycles. The van der Waals surface area contributed by atoms with Gasteiger partial charge < -0.3 is 15.7 Å². The lowest BCUT2D eigenvalue weighted by Gasteiger charge is -2.10. The van der Waals surface area contributed by atoms with Crippen LogP contribution in [-0.2, 0) is 14.4 Å². The van der Waals surface area contributed by atoms with Crippen LogP contribution >= 0.6 is 0 Å². The molecule has 0 aromatic carbocycles. The Bertz CT molecular complexity index is 199. The van der Waals surface area contributed by atoms with E-state index in [0.717, 1.165) is 0 Å². The van der Waals surface area contributed by atoms with E-state index in [-0.39, 0.29) is 6.42 Å². The molecule has 0 saturated carbocycles. The molecule has 2 amide bonds. The SMILES string of the molecule is CCC(=O)O.O=C1NCCNC1=O. The fourth-order valence-electron chi connectivity index (χ4n) is 0.513. The summed E-state index contributed by atoms with van der Waals surface area (Å²) < 4.78 is 0. The maximum Gasteiger partial charge on any atom is 0.309 e. The highest BCUT2D eigenvalue weighted by Gasteiger charge is 2.15. The van der Waals surface area contributed by atoms with Gasteiger partial charge in [0.1, 0.15) is 0 Å². The van der Waals surface area contributed by atoms with E-state index >= 15 is 0 Å². The van der Waals surface area contributed by atoms with Crippen molar-refractivity contribution >= 4 is 17.8 Å². The number of hydrogen-bond acceptors (Lipinski definition) is 3. The number of carboxylic acid groups (broad SMARTS) is 1. The standard InChI is InChI=1S/C4H6N2O2.C3H6O2/c7-3-4(8)6-2-1-5-3;1-2-3(4)5/h1-2H2,(H,5,7)(H,6,8);2H2,1H3,(H,4,5). The van der Waals surface area contributed by atoms with Crippen LogP contribution in [0.25, 0.3) is 0 Å². The Morgan fingerprint density at radius 1 is 1.31 bits per heavy atom. The smallest absolute Gasteiger partial charge is 0.309 e. The largest absolute Gasteiger partial charge is 0.481 e. The summed E-state index contributed by atoms with van der Waals surface area (Å²) in [5.41, 5.74) is 0. The zero-order chi connectivity index (χ0) is 10.3. The summed E-state index contributed by atoms with van der Waals surface area (Å²) in [4.78, 5) is 29.9. The first kappa shape index (κ1) is 11.4. The van der Waals surface area contributed by atoms with Gasteiger partial charge in [0.05, 0.1) is 0 Å². The van der Waals surface area contributed by atoms with Crippen molar-refractivity contribution < 1.29 is 19.5 Å². The lowest BCUT2D eigenvalue weighted by atomic mass is 10.4. The Hall–Kier alpha value is -1.59. The molecule has 74 valence electrons. The highest BCUT2D eigenvalue weighted by atomic mass is 16.4. The van der Waals surface area contributed by atoms with Crippen LogP contribution in [0.5, 0.6) is 0 Å². The zero-order valence-electron chi connectivity index (χ0n) is 7.29.